The maximum Gasteiger partial charge on any atom is 0.142 e. The van der Waals surface area contributed by atoms with Gasteiger partial charge in [-0.25, -0.2) is 4.21 Å². The summed E-state index contributed by atoms with van der Waals surface area (Å²) >= 11 is 5.96. The Morgan fingerprint density at radius 2 is 2.29 bits per heavy atom. The van der Waals surface area contributed by atoms with Gasteiger partial charge in [-0.1, -0.05) is 23.7 Å². The zero-order valence-corrected chi connectivity index (χ0v) is 8.94. The molecule has 0 fully saturated rings. The highest BCUT2D eigenvalue weighted by atomic mass is 35.5. The molecule has 0 radical (unpaired) electrons. The van der Waals surface area contributed by atoms with Crippen molar-refractivity contribution in [3.63, 3.8) is 0 Å². The van der Waals surface area contributed by atoms with Gasteiger partial charge in [0.25, 0.3) is 0 Å². The van der Waals surface area contributed by atoms with Crippen molar-refractivity contribution in [2.75, 3.05) is 0 Å². The van der Waals surface area contributed by atoms with Crippen LogP contribution in [0.25, 0.3) is 0 Å². The highest BCUT2D eigenvalue weighted by molar-refractivity contribution is 7.98. The first kappa shape index (κ1) is 9.55. The monoisotopic (exact) mass is 228 g/mol. The molecule has 1 aliphatic heterocycles. The molecule has 74 valence electrons. The predicted octanol–water partition coefficient (Wildman–Crippen LogP) is 1.19. The molecular formula is C9H9ClN2OS. The van der Waals surface area contributed by atoms with Crippen molar-refractivity contribution in [2.24, 2.45) is 10.1 Å². The van der Waals surface area contributed by atoms with Gasteiger partial charge in [0.15, 0.2) is 0 Å². The molecule has 0 saturated carbocycles. The summed E-state index contributed by atoms with van der Waals surface area (Å²) in [5.74, 6) is 4.05. The van der Waals surface area contributed by atoms with E-state index in [1.54, 1.807) is 12.1 Å². The van der Waals surface area contributed by atoms with Crippen LogP contribution in [-0.2, 0) is 15.5 Å². The highest BCUT2D eigenvalue weighted by Crippen LogP contribution is 2.25. The summed E-state index contributed by atoms with van der Waals surface area (Å²) in [6.45, 7) is 0. The quantitative estimate of drug-likeness (QED) is 0.679. The lowest BCUT2D eigenvalue weighted by Gasteiger charge is -2.17. The Kier molecular flexibility index (Phi) is 2.05. The highest BCUT2D eigenvalue weighted by Gasteiger charge is 2.19. The van der Waals surface area contributed by atoms with E-state index in [9.17, 15) is 4.21 Å². The van der Waals surface area contributed by atoms with E-state index < -0.39 is 9.71 Å². The average molecular weight is 229 g/mol. The molecule has 0 amide bonds. The van der Waals surface area contributed by atoms with E-state index in [-0.39, 0.29) is 5.84 Å². The van der Waals surface area contributed by atoms with Gasteiger partial charge < -0.3 is 5.73 Å². The lowest BCUT2D eigenvalue weighted by atomic mass is 10.1. The topological polar surface area (TPSA) is 55.5 Å². The Morgan fingerprint density at radius 3 is 3.00 bits per heavy atom. The number of rotatable bonds is 0. The van der Waals surface area contributed by atoms with Crippen molar-refractivity contribution < 1.29 is 4.21 Å². The summed E-state index contributed by atoms with van der Waals surface area (Å²) in [7, 11) is -2.46. The van der Waals surface area contributed by atoms with Crippen LogP contribution in [0.4, 0.5) is 0 Å². The molecule has 2 rings (SSSR count). The molecule has 1 aromatic carbocycles. The van der Waals surface area contributed by atoms with Crippen LogP contribution in [0, 0.1) is 0 Å². The summed E-state index contributed by atoms with van der Waals surface area (Å²) < 4.78 is 15.5. The normalized spacial score (nSPS) is 25.4. The van der Waals surface area contributed by atoms with Gasteiger partial charge in [0, 0.05) is 5.56 Å². The van der Waals surface area contributed by atoms with E-state index in [2.05, 4.69) is 10.3 Å². The zero-order valence-electron chi connectivity index (χ0n) is 7.37. The lowest BCUT2D eigenvalue weighted by molar-refractivity contribution is 0.681. The molecule has 14 heavy (non-hydrogen) atoms. The second-order valence-electron chi connectivity index (χ2n) is 3.17. The Labute approximate surface area is 87.7 Å². The van der Waals surface area contributed by atoms with E-state index in [0.29, 0.717) is 16.3 Å². The molecule has 1 unspecified atom stereocenters. The van der Waals surface area contributed by atoms with Crippen LogP contribution in [-0.4, -0.2) is 15.9 Å². The minimum atomic E-state index is -2.46. The standard InChI is InChI=1S/C9H9ClN2OS/c1-14(13)5-6-3-2-4-7(10)8(6)9(11)12-14/h2-4H,1,5H2,(H2,11,12,13). The molecule has 0 aromatic heterocycles. The first-order chi connectivity index (χ1) is 6.49. The first-order valence-electron chi connectivity index (χ1n) is 3.98. The van der Waals surface area contributed by atoms with Gasteiger partial charge in [-0.3, -0.25) is 0 Å². The van der Waals surface area contributed by atoms with E-state index in [4.69, 9.17) is 17.3 Å². The fourth-order valence-corrected chi connectivity index (χ4v) is 3.01. The molecule has 5 heteroatoms. The third kappa shape index (κ3) is 1.51. The molecule has 1 aromatic rings. The van der Waals surface area contributed by atoms with E-state index in [1.165, 1.54) is 0 Å². The molecule has 3 nitrogen and oxygen atoms in total. The minimum absolute atomic E-state index is 0.219. The number of nitrogens with zero attached hydrogens (tertiary/aromatic N) is 1. The van der Waals surface area contributed by atoms with Crippen molar-refractivity contribution in [3.05, 3.63) is 34.3 Å². The fraction of sp³-hybridized carbons (Fsp3) is 0.111. The van der Waals surface area contributed by atoms with Crippen LogP contribution in [0.3, 0.4) is 0 Å². The Bertz CT molecular complexity index is 520. The van der Waals surface area contributed by atoms with Gasteiger partial charge in [0.1, 0.15) is 5.84 Å². The zero-order chi connectivity index (χ0) is 10.3. The van der Waals surface area contributed by atoms with Crippen molar-refractivity contribution in [1.82, 2.24) is 0 Å². The number of amidine groups is 1. The number of fused-ring (bicyclic) bond motifs is 1. The van der Waals surface area contributed by atoms with Gasteiger partial charge >= 0.3 is 0 Å². The SMILES string of the molecule is C=S1(=O)Cc2cccc(Cl)c2C(N)=N1. The fourth-order valence-electron chi connectivity index (χ4n) is 1.48. The molecule has 0 bridgehead atoms. The largest absolute Gasteiger partial charge is 0.383 e. The molecular weight excluding hydrogens is 220 g/mol. The summed E-state index contributed by atoms with van der Waals surface area (Å²) in [6, 6.07) is 5.38. The number of nitrogens with two attached hydrogens (primary N) is 1. The molecule has 1 heterocycles. The van der Waals surface area contributed by atoms with Crippen LogP contribution in [0.2, 0.25) is 5.02 Å². The Balaban J connectivity index is 2.74. The first-order valence-corrected chi connectivity index (χ1v) is 6.21. The maximum atomic E-state index is 11.7. The van der Waals surface area contributed by atoms with E-state index in [0.717, 1.165) is 5.56 Å². The van der Waals surface area contributed by atoms with E-state index >= 15 is 0 Å². The molecule has 0 aliphatic carbocycles. The van der Waals surface area contributed by atoms with Crippen LogP contribution >= 0.6 is 11.6 Å². The third-order valence-corrected chi connectivity index (χ3v) is 3.61. The third-order valence-electron chi connectivity index (χ3n) is 2.00. The van der Waals surface area contributed by atoms with Gasteiger partial charge in [-0.05, 0) is 17.5 Å². The van der Waals surface area contributed by atoms with Crippen LogP contribution in [0.15, 0.2) is 22.6 Å². The minimum Gasteiger partial charge on any atom is -0.383 e. The number of benzene rings is 1. The molecule has 0 spiro atoms. The van der Waals surface area contributed by atoms with Crippen molar-refractivity contribution in [3.8, 4) is 0 Å². The number of halogens is 1. The average Bonchev–Trinajstić information content (AvgIpc) is 2.00. The molecule has 2 N–H and O–H groups in total. The smallest absolute Gasteiger partial charge is 0.142 e. The summed E-state index contributed by atoms with van der Waals surface area (Å²) in [5.41, 5.74) is 7.21. The molecule has 1 atom stereocenters. The van der Waals surface area contributed by atoms with Crippen molar-refractivity contribution >= 4 is 33.0 Å². The van der Waals surface area contributed by atoms with E-state index in [1.807, 2.05) is 6.07 Å². The Morgan fingerprint density at radius 1 is 1.57 bits per heavy atom. The second-order valence-corrected chi connectivity index (χ2v) is 5.59. The Hall–Kier alpha value is -1.00. The lowest BCUT2D eigenvalue weighted by Crippen LogP contribution is -2.24. The van der Waals surface area contributed by atoms with Crippen molar-refractivity contribution in [1.29, 1.82) is 0 Å². The van der Waals surface area contributed by atoms with Crippen LogP contribution in [0.1, 0.15) is 11.1 Å². The molecule has 0 saturated heterocycles. The van der Waals surface area contributed by atoms with Crippen molar-refractivity contribution in [2.45, 2.75) is 5.75 Å². The maximum absolute atomic E-state index is 11.7. The number of hydrogen-bond acceptors (Lipinski definition) is 2. The summed E-state index contributed by atoms with van der Waals surface area (Å²) in [4.78, 5) is 0. The predicted molar refractivity (Wildman–Crippen MR) is 61.1 cm³/mol. The van der Waals surface area contributed by atoms with Gasteiger partial charge in [-0.2, -0.15) is 4.40 Å². The second kappa shape index (κ2) is 3.00. The summed E-state index contributed by atoms with van der Waals surface area (Å²) in [5, 5.41) is 0.540. The van der Waals surface area contributed by atoms with Gasteiger partial charge in [-0.15, -0.1) is 0 Å². The van der Waals surface area contributed by atoms with Gasteiger partial charge in [0.05, 0.1) is 20.5 Å². The van der Waals surface area contributed by atoms with Crippen LogP contribution < -0.4 is 5.73 Å². The van der Waals surface area contributed by atoms with Gasteiger partial charge in [0.2, 0.25) is 0 Å². The van der Waals surface area contributed by atoms with Crippen LogP contribution in [0.5, 0.6) is 0 Å². The number of hydrogen-bond donors (Lipinski definition) is 1. The molecule has 1 aliphatic rings. The summed E-state index contributed by atoms with van der Waals surface area (Å²) in [6.07, 6.45) is 0.